The Bertz CT molecular complexity index is 1510. The molecule has 5 rings (SSSR count). The van der Waals surface area contributed by atoms with Crippen molar-refractivity contribution in [3.63, 3.8) is 0 Å². The van der Waals surface area contributed by atoms with Crippen LogP contribution in [0, 0.1) is 5.82 Å². The molecular formula is C27H23F7N6O. The first-order chi connectivity index (χ1) is 19.4. The number of likely N-dealkylation sites (tertiary alicyclic amines) is 1. The number of nitrogens with one attached hydrogen (secondary N) is 1. The van der Waals surface area contributed by atoms with Gasteiger partial charge in [-0.05, 0) is 48.7 Å². The third-order valence-corrected chi connectivity index (χ3v) is 6.59. The van der Waals surface area contributed by atoms with E-state index in [-0.39, 0.29) is 13.1 Å². The second-order valence-corrected chi connectivity index (χ2v) is 9.68. The van der Waals surface area contributed by atoms with Crippen molar-refractivity contribution < 1.29 is 35.5 Å². The third-order valence-electron chi connectivity index (χ3n) is 6.59. The molecule has 1 N–H and O–H groups in total. The lowest BCUT2D eigenvalue weighted by Gasteiger charge is -2.20. The van der Waals surface area contributed by atoms with Crippen LogP contribution >= 0.6 is 0 Å². The van der Waals surface area contributed by atoms with E-state index >= 15 is 0 Å². The molecule has 1 saturated heterocycles. The summed E-state index contributed by atoms with van der Waals surface area (Å²) in [6, 6.07) is 8.59. The molecule has 0 bridgehead atoms. The summed E-state index contributed by atoms with van der Waals surface area (Å²) >= 11 is 0. The first-order valence-electron chi connectivity index (χ1n) is 12.5. The van der Waals surface area contributed by atoms with Crippen molar-refractivity contribution in [2.75, 3.05) is 25.0 Å². The summed E-state index contributed by atoms with van der Waals surface area (Å²) in [5.74, 6) is -1.06. The van der Waals surface area contributed by atoms with Gasteiger partial charge in [-0.2, -0.15) is 26.3 Å². The lowest BCUT2D eigenvalue weighted by molar-refractivity contribution is -0.145. The van der Waals surface area contributed by atoms with E-state index in [1.54, 1.807) is 31.2 Å². The highest BCUT2D eigenvalue weighted by molar-refractivity contribution is 5.96. The van der Waals surface area contributed by atoms with Gasteiger partial charge >= 0.3 is 12.4 Å². The van der Waals surface area contributed by atoms with E-state index in [0.717, 1.165) is 12.4 Å². The SMILES string of the molecule is C[C@@H](Nc1ncnc2c(OC3CCN(CC(F)(F)F)C3)cc(-c3ccc(F)cc3)cc12)c1cnc(C(F)(F)F)nc1. The van der Waals surface area contributed by atoms with Crippen molar-refractivity contribution in [2.45, 2.75) is 37.8 Å². The van der Waals surface area contributed by atoms with Crippen LogP contribution in [0.2, 0.25) is 0 Å². The fourth-order valence-corrected chi connectivity index (χ4v) is 4.62. The topological polar surface area (TPSA) is 76.1 Å². The minimum Gasteiger partial charge on any atom is -0.487 e. The highest BCUT2D eigenvalue weighted by Gasteiger charge is 2.36. The van der Waals surface area contributed by atoms with Gasteiger partial charge < -0.3 is 10.1 Å². The van der Waals surface area contributed by atoms with Crippen molar-refractivity contribution in [2.24, 2.45) is 0 Å². The summed E-state index contributed by atoms with van der Waals surface area (Å²) in [5, 5.41) is 3.62. The predicted molar refractivity (Wildman–Crippen MR) is 136 cm³/mol. The molecule has 2 aromatic heterocycles. The van der Waals surface area contributed by atoms with E-state index < -0.39 is 42.7 Å². The molecule has 14 heteroatoms. The van der Waals surface area contributed by atoms with Crippen LogP contribution in [0.15, 0.2) is 55.1 Å². The van der Waals surface area contributed by atoms with Crippen LogP contribution in [-0.4, -0.2) is 56.8 Å². The summed E-state index contributed by atoms with van der Waals surface area (Å²) in [7, 11) is 0. The molecule has 41 heavy (non-hydrogen) atoms. The monoisotopic (exact) mass is 580 g/mol. The molecule has 0 amide bonds. The van der Waals surface area contributed by atoms with E-state index in [1.165, 1.54) is 23.4 Å². The van der Waals surface area contributed by atoms with Crippen LogP contribution in [-0.2, 0) is 6.18 Å². The minimum absolute atomic E-state index is 0.0723. The van der Waals surface area contributed by atoms with Gasteiger partial charge in [-0.15, -0.1) is 0 Å². The maximum Gasteiger partial charge on any atom is 0.451 e. The van der Waals surface area contributed by atoms with Gasteiger partial charge in [0.05, 0.1) is 12.6 Å². The summed E-state index contributed by atoms with van der Waals surface area (Å²) in [5.41, 5.74) is 1.99. The van der Waals surface area contributed by atoms with Gasteiger partial charge in [0.15, 0.2) is 0 Å². The second kappa shape index (κ2) is 11.1. The number of anilines is 1. The van der Waals surface area contributed by atoms with Crippen LogP contribution in [0.1, 0.15) is 30.8 Å². The van der Waals surface area contributed by atoms with E-state index in [0.29, 0.717) is 45.6 Å². The first kappa shape index (κ1) is 28.5. The normalized spacial score (nSPS) is 17.1. The zero-order valence-electron chi connectivity index (χ0n) is 21.5. The highest BCUT2D eigenvalue weighted by Crippen LogP contribution is 2.37. The highest BCUT2D eigenvalue weighted by atomic mass is 19.4. The fourth-order valence-electron chi connectivity index (χ4n) is 4.62. The van der Waals surface area contributed by atoms with Gasteiger partial charge in [0.25, 0.3) is 0 Å². The number of ether oxygens (including phenoxy) is 1. The molecule has 0 spiro atoms. The average Bonchev–Trinajstić information content (AvgIpc) is 3.34. The van der Waals surface area contributed by atoms with Gasteiger partial charge in [-0.1, -0.05) is 12.1 Å². The molecule has 4 aromatic rings. The van der Waals surface area contributed by atoms with Gasteiger partial charge in [0, 0.05) is 36.4 Å². The number of alkyl halides is 6. The van der Waals surface area contributed by atoms with Crippen LogP contribution < -0.4 is 10.1 Å². The number of hydrogen-bond acceptors (Lipinski definition) is 7. The number of hydrogen-bond donors (Lipinski definition) is 1. The number of aromatic nitrogens is 4. The Labute approximate surface area is 229 Å². The molecular weight excluding hydrogens is 557 g/mol. The quantitative estimate of drug-likeness (QED) is 0.253. The summed E-state index contributed by atoms with van der Waals surface area (Å²) < 4.78 is 97.1. The molecule has 1 unspecified atom stereocenters. The molecule has 3 heterocycles. The van der Waals surface area contributed by atoms with E-state index in [2.05, 4.69) is 25.3 Å². The Balaban J connectivity index is 1.48. The Morgan fingerprint density at radius 2 is 1.68 bits per heavy atom. The maximum atomic E-state index is 13.6. The van der Waals surface area contributed by atoms with Crippen molar-refractivity contribution in [1.29, 1.82) is 0 Å². The third kappa shape index (κ3) is 6.81. The van der Waals surface area contributed by atoms with Crippen LogP contribution in [0.4, 0.5) is 36.6 Å². The van der Waals surface area contributed by atoms with Crippen LogP contribution in [0.3, 0.4) is 0 Å². The molecule has 2 atom stereocenters. The molecule has 1 aliphatic rings. The molecule has 1 fully saturated rings. The zero-order valence-corrected chi connectivity index (χ0v) is 21.5. The van der Waals surface area contributed by atoms with Crippen molar-refractivity contribution in [3.05, 3.63) is 72.3 Å². The fraction of sp³-hybridized carbons (Fsp3) is 0.333. The number of nitrogens with zero attached hydrogens (tertiary/aromatic N) is 5. The molecule has 2 aromatic carbocycles. The van der Waals surface area contributed by atoms with Crippen molar-refractivity contribution in [3.8, 4) is 16.9 Å². The zero-order chi connectivity index (χ0) is 29.4. The maximum absolute atomic E-state index is 13.6. The van der Waals surface area contributed by atoms with E-state index in [9.17, 15) is 30.7 Å². The Hall–Kier alpha value is -4.07. The number of halogens is 7. The molecule has 0 aliphatic carbocycles. The lowest BCUT2D eigenvalue weighted by Crippen LogP contribution is -2.33. The summed E-state index contributed by atoms with van der Waals surface area (Å²) in [6.07, 6.45) is -5.74. The number of rotatable bonds is 7. The Kier molecular flexibility index (Phi) is 7.68. The largest absolute Gasteiger partial charge is 0.487 e. The molecule has 216 valence electrons. The summed E-state index contributed by atoms with van der Waals surface area (Å²) in [4.78, 5) is 16.7. The van der Waals surface area contributed by atoms with E-state index in [1.807, 2.05) is 0 Å². The minimum atomic E-state index is -4.67. The van der Waals surface area contributed by atoms with Gasteiger partial charge in [-0.3, -0.25) is 4.90 Å². The van der Waals surface area contributed by atoms with Crippen molar-refractivity contribution in [1.82, 2.24) is 24.8 Å². The molecule has 0 radical (unpaired) electrons. The Morgan fingerprint density at radius 3 is 2.34 bits per heavy atom. The van der Waals surface area contributed by atoms with Crippen LogP contribution in [0.5, 0.6) is 5.75 Å². The van der Waals surface area contributed by atoms with E-state index in [4.69, 9.17) is 4.74 Å². The molecule has 7 nitrogen and oxygen atoms in total. The van der Waals surface area contributed by atoms with Crippen molar-refractivity contribution >= 4 is 16.7 Å². The smallest absolute Gasteiger partial charge is 0.451 e. The molecule has 1 aliphatic heterocycles. The van der Waals surface area contributed by atoms with Crippen LogP contribution in [0.25, 0.3) is 22.0 Å². The number of benzene rings is 2. The molecule has 0 saturated carbocycles. The van der Waals surface area contributed by atoms with Gasteiger partial charge in [-0.25, -0.2) is 24.3 Å². The van der Waals surface area contributed by atoms with Gasteiger partial charge in [0.1, 0.15) is 35.3 Å². The first-order valence-corrected chi connectivity index (χ1v) is 12.5. The lowest BCUT2D eigenvalue weighted by atomic mass is 10.0. The number of fused-ring (bicyclic) bond motifs is 1. The average molecular weight is 581 g/mol. The predicted octanol–water partition coefficient (Wildman–Crippen LogP) is 6.43. The van der Waals surface area contributed by atoms with Gasteiger partial charge in [0.2, 0.25) is 5.82 Å². The summed E-state index contributed by atoms with van der Waals surface area (Å²) in [6.45, 7) is 0.942. The second-order valence-electron chi connectivity index (χ2n) is 9.68. The standard InChI is InChI=1S/C27H23F7N6O/c1-15(18-10-35-25(36-11-18)27(32,33)34)39-24-21-8-17(16-2-4-19(28)5-3-16)9-22(23(21)37-14-38-24)41-20-6-7-40(12-20)13-26(29,30)31/h2-5,8-11,14-15,20H,6-7,12-13H2,1H3,(H,37,38,39)/t15-,20?/m1/s1. The Morgan fingerprint density at radius 1 is 0.976 bits per heavy atom.